The van der Waals surface area contributed by atoms with Gasteiger partial charge in [-0.1, -0.05) is 12.1 Å². The van der Waals surface area contributed by atoms with Crippen LogP contribution < -0.4 is 10.6 Å². The Bertz CT molecular complexity index is 605. The number of phenols is 1. The predicted octanol–water partition coefficient (Wildman–Crippen LogP) is 0.818. The largest absolute Gasteiger partial charge is 0.508 e. The second-order valence-corrected chi connectivity index (χ2v) is 4.92. The van der Waals surface area contributed by atoms with Gasteiger partial charge in [0.1, 0.15) is 17.9 Å². The van der Waals surface area contributed by atoms with Crippen molar-refractivity contribution >= 4 is 5.96 Å². The van der Waals surface area contributed by atoms with Gasteiger partial charge < -0.3 is 15.7 Å². The van der Waals surface area contributed by atoms with Gasteiger partial charge >= 0.3 is 0 Å². The number of aromatic nitrogens is 3. The number of phenolic OH excluding ortho intramolecular Hbond substituents is 1. The number of aryl methyl sites for hydroxylation is 2. The van der Waals surface area contributed by atoms with Crippen LogP contribution in [0.4, 0.5) is 0 Å². The van der Waals surface area contributed by atoms with Crippen molar-refractivity contribution in [2.24, 2.45) is 12.0 Å². The number of hydrogen-bond donors (Lipinski definition) is 3. The lowest BCUT2D eigenvalue weighted by molar-refractivity contribution is 0.475. The van der Waals surface area contributed by atoms with Crippen LogP contribution in [0.15, 0.2) is 35.6 Å². The highest BCUT2D eigenvalue weighted by molar-refractivity contribution is 5.79. The first-order chi connectivity index (χ1) is 10.7. The van der Waals surface area contributed by atoms with E-state index in [4.69, 9.17) is 0 Å². The minimum atomic E-state index is 0.301. The molecule has 7 heteroatoms. The van der Waals surface area contributed by atoms with Crippen molar-refractivity contribution in [3.63, 3.8) is 0 Å². The molecule has 0 aliphatic heterocycles. The minimum Gasteiger partial charge on any atom is -0.508 e. The lowest BCUT2D eigenvalue weighted by Crippen LogP contribution is -2.38. The zero-order chi connectivity index (χ0) is 15.8. The highest BCUT2D eigenvalue weighted by Gasteiger charge is 2.02. The van der Waals surface area contributed by atoms with Crippen LogP contribution >= 0.6 is 0 Å². The standard InChI is InChI=1S/C15H22N6O/c1-16-15(18-10-14-19-11-20-21(14)2)17-9-3-4-12-5-7-13(22)8-6-12/h5-8,11,22H,3-4,9-10H2,1-2H3,(H2,16,17,18). The van der Waals surface area contributed by atoms with Crippen molar-refractivity contribution < 1.29 is 5.11 Å². The van der Waals surface area contributed by atoms with Crippen molar-refractivity contribution in [3.05, 3.63) is 42.0 Å². The molecule has 118 valence electrons. The van der Waals surface area contributed by atoms with Crippen LogP contribution in [-0.4, -0.2) is 39.4 Å². The smallest absolute Gasteiger partial charge is 0.191 e. The van der Waals surface area contributed by atoms with Gasteiger partial charge in [-0.25, -0.2) is 4.98 Å². The third kappa shape index (κ3) is 4.76. The molecule has 0 amide bonds. The topological polar surface area (TPSA) is 87.4 Å². The second kappa shape index (κ2) is 8.02. The number of nitrogens with zero attached hydrogens (tertiary/aromatic N) is 4. The van der Waals surface area contributed by atoms with Crippen LogP contribution in [-0.2, 0) is 20.0 Å². The highest BCUT2D eigenvalue weighted by atomic mass is 16.3. The monoisotopic (exact) mass is 302 g/mol. The van der Waals surface area contributed by atoms with Crippen LogP contribution in [0.3, 0.4) is 0 Å². The van der Waals surface area contributed by atoms with E-state index in [1.807, 2.05) is 19.2 Å². The van der Waals surface area contributed by atoms with Crippen molar-refractivity contribution in [1.82, 2.24) is 25.4 Å². The van der Waals surface area contributed by atoms with Gasteiger partial charge in [-0.15, -0.1) is 0 Å². The third-order valence-corrected chi connectivity index (χ3v) is 3.31. The fourth-order valence-electron chi connectivity index (χ4n) is 2.03. The molecule has 7 nitrogen and oxygen atoms in total. The minimum absolute atomic E-state index is 0.301. The molecule has 0 saturated carbocycles. The lowest BCUT2D eigenvalue weighted by atomic mass is 10.1. The molecule has 1 aromatic heterocycles. The van der Waals surface area contributed by atoms with Crippen LogP contribution in [0.2, 0.25) is 0 Å². The summed E-state index contributed by atoms with van der Waals surface area (Å²) in [4.78, 5) is 8.33. The zero-order valence-electron chi connectivity index (χ0n) is 13.0. The number of aromatic hydroxyl groups is 1. The van der Waals surface area contributed by atoms with Crippen LogP contribution in [0.1, 0.15) is 17.8 Å². The van der Waals surface area contributed by atoms with E-state index >= 15 is 0 Å². The summed E-state index contributed by atoms with van der Waals surface area (Å²) in [5, 5.41) is 19.7. The lowest BCUT2D eigenvalue weighted by Gasteiger charge is -2.11. The van der Waals surface area contributed by atoms with E-state index < -0.39 is 0 Å². The molecule has 0 unspecified atom stereocenters. The molecular formula is C15H22N6O. The highest BCUT2D eigenvalue weighted by Crippen LogP contribution is 2.10. The van der Waals surface area contributed by atoms with E-state index in [-0.39, 0.29) is 0 Å². The molecule has 0 bridgehead atoms. The van der Waals surface area contributed by atoms with Gasteiger partial charge in [0.2, 0.25) is 0 Å². The second-order valence-electron chi connectivity index (χ2n) is 4.92. The molecule has 2 rings (SSSR count). The van der Waals surface area contributed by atoms with Crippen LogP contribution in [0, 0.1) is 0 Å². The first kappa shape index (κ1) is 15.8. The average Bonchev–Trinajstić information content (AvgIpc) is 2.93. The van der Waals surface area contributed by atoms with Gasteiger partial charge in [0.05, 0.1) is 6.54 Å². The Kier molecular flexibility index (Phi) is 5.76. The molecular weight excluding hydrogens is 280 g/mol. The molecule has 0 spiro atoms. The molecule has 22 heavy (non-hydrogen) atoms. The van der Waals surface area contributed by atoms with Crippen LogP contribution in [0.25, 0.3) is 0 Å². The molecule has 0 aliphatic rings. The summed E-state index contributed by atoms with van der Waals surface area (Å²) in [5.74, 6) is 1.90. The fourth-order valence-corrected chi connectivity index (χ4v) is 2.03. The van der Waals surface area contributed by atoms with E-state index in [0.29, 0.717) is 12.3 Å². The van der Waals surface area contributed by atoms with Crippen molar-refractivity contribution in [2.75, 3.05) is 13.6 Å². The Balaban J connectivity index is 1.68. The average molecular weight is 302 g/mol. The summed E-state index contributed by atoms with van der Waals surface area (Å²) < 4.78 is 1.73. The van der Waals surface area contributed by atoms with E-state index in [0.717, 1.165) is 31.2 Å². The quantitative estimate of drug-likeness (QED) is 0.418. The predicted molar refractivity (Wildman–Crippen MR) is 85.6 cm³/mol. The SMILES string of the molecule is CN=C(NCCCc1ccc(O)cc1)NCc1ncnn1C. The van der Waals surface area contributed by atoms with E-state index in [9.17, 15) is 5.11 Å². The summed E-state index contributed by atoms with van der Waals surface area (Å²) in [7, 11) is 3.60. The zero-order valence-corrected chi connectivity index (χ0v) is 13.0. The maximum absolute atomic E-state index is 9.24. The molecule has 0 atom stereocenters. The van der Waals surface area contributed by atoms with Gasteiger partial charge in [-0.05, 0) is 30.5 Å². The maximum atomic E-state index is 9.24. The summed E-state index contributed by atoms with van der Waals surface area (Å²) >= 11 is 0. The Morgan fingerprint density at radius 3 is 2.68 bits per heavy atom. The number of guanidine groups is 1. The molecule has 3 N–H and O–H groups in total. The molecule has 1 aromatic carbocycles. The van der Waals surface area contributed by atoms with Crippen molar-refractivity contribution in [2.45, 2.75) is 19.4 Å². The molecule has 0 aliphatic carbocycles. The molecule has 0 saturated heterocycles. The molecule has 1 heterocycles. The molecule has 2 aromatic rings. The first-order valence-corrected chi connectivity index (χ1v) is 7.24. The summed E-state index contributed by atoms with van der Waals surface area (Å²) in [6, 6.07) is 7.31. The van der Waals surface area contributed by atoms with E-state index in [1.165, 1.54) is 11.9 Å². The first-order valence-electron chi connectivity index (χ1n) is 7.24. The number of aliphatic imine (C=N–C) groups is 1. The summed E-state index contributed by atoms with van der Waals surface area (Å²) in [5.41, 5.74) is 1.21. The Morgan fingerprint density at radius 2 is 2.05 bits per heavy atom. The van der Waals surface area contributed by atoms with Crippen molar-refractivity contribution in [1.29, 1.82) is 0 Å². The van der Waals surface area contributed by atoms with E-state index in [1.54, 1.807) is 23.9 Å². The summed E-state index contributed by atoms with van der Waals surface area (Å²) in [6.07, 6.45) is 3.47. The fraction of sp³-hybridized carbons (Fsp3) is 0.400. The maximum Gasteiger partial charge on any atom is 0.191 e. The number of benzene rings is 1. The molecule has 0 fully saturated rings. The Labute approximate surface area is 130 Å². The number of hydrogen-bond acceptors (Lipinski definition) is 4. The normalized spacial score (nSPS) is 11.5. The van der Waals surface area contributed by atoms with Gasteiger partial charge in [0, 0.05) is 20.6 Å². The Morgan fingerprint density at radius 1 is 1.27 bits per heavy atom. The van der Waals surface area contributed by atoms with Gasteiger partial charge in [0.15, 0.2) is 5.96 Å². The van der Waals surface area contributed by atoms with Crippen LogP contribution in [0.5, 0.6) is 5.75 Å². The van der Waals surface area contributed by atoms with Crippen molar-refractivity contribution in [3.8, 4) is 5.75 Å². The third-order valence-electron chi connectivity index (χ3n) is 3.31. The molecule has 0 radical (unpaired) electrons. The van der Waals surface area contributed by atoms with Gasteiger partial charge in [-0.3, -0.25) is 9.67 Å². The van der Waals surface area contributed by atoms with E-state index in [2.05, 4.69) is 25.7 Å². The number of rotatable bonds is 6. The van der Waals surface area contributed by atoms with Gasteiger partial charge in [-0.2, -0.15) is 5.10 Å². The van der Waals surface area contributed by atoms with Gasteiger partial charge in [0.25, 0.3) is 0 Å². The summed E-state index contributed by atoms with van der Waals surface area (Å²) in [6.45, 7) is 1.40. The Hall–Kier alpha value is -2.57. The number of nitrogens with one attached hydrogen (secondary N) is 2.